The van der Waals surface area contributed by atoms with E-state index in [1.165, 1.54) is 0 Å². The third-order valence-corrected chi connectivity index (χ3v) is 10.8. The molecule has 214 valence electrons. The zero-order valence-electron chi connectivity index (χ0n) is 23.3. The zero-order chi connectivity index (χ0) is 28.1. The van der Waals surface area contributed by atoms with Gasteiger partial charge in [0.2, 0.25) is 0 Å². The number of fused-ring (bicyclic) bond motifs is 2. The lowest BCUT2D eigenvalue weighted by atomic mass is 9.95. The van der Waals surface area contributed by atoms with Crippen molar-refractivity contribution in [2.24, 2.45) is 0 Å². The molecular formula is C28H38BrFIN5O3. The smallest absolute Gasteiger partial charge is 0.410 e. The summed E-state index contributed by atoms with van der Waals surface area (Å²) in [7, 11) is 0. The van der Waals surface area contributed by atoms with Crippen molar-refractivity contribution in [3.05, 3.63) is 20.2 Å². The molecule has 0 radical (unpaired) electrons. The SMILES string of the molecule is CCN(c1nc(OC[C@@]23CCCN2C[C@H](F)C3)nc2c(I)c(Br)ccc12)[C@@H]1CCN(C(=O)OC(C)(C)C)[C@@H]1C. The first-order valence-corrected chi connectivity index (χ1v) is 15.7. The minimum Gasteiger partial charge on any atom is -0.461 e. The Morgan fingerprint density at radius 2 is 2.08 bits per heavy atom. The maximum absolute atomic E-state index is 14.3. The predicted octanol–water partition coefficient (Wildman–Crippen LogP) is 6.18. The van der Waals surface area contributed by atoms with Gasteiger partial charge in [-0.25, -0.2) is 9.18 Å². The Balaban J connectivity index is 1.47. The number of aromatic nitrogens is 2. The number of rotatable bonds is 6. The summed E-state index contributed by atoms with van der Waals surface area (Å²) in [6.45, 7) is 12.9. The van der Waals surface area contributed by atoms with Crippen molar-refractivity contribution in [1.82, 2.24) is 19.8 Å². The standard InChI is InChI=1S/C28H38BrFIN5O3/c1-6-35(21-10-13-36(17(21)2)26(37)39-27(3,4)5)24-19-8-9-20(29)22(31)23(19)32-25(33-24)38-16-28-11-7-12-34(28)15-18(30)14-28/h8-9,17-18,21H,6-7,10-16H2,1-5H3/t17-,18-,21-,28+/m1/s1. The van der Waals surface area contributed by atoms with Gasteiger partial charge in [0.25, 0.3) is 0 Å². The minimum absolute atomic E-state index is 0.0563. The normalized spacial score (nSPS) is 27.3. The van der Waals surface area contributed by atoms with Gasteiger partial charge in [-0.3, -0.25) is 4.90 Å². The molecule has 1 amide bonds. The van der Waals surface area contributed by atoms with Gasteiger partial charge in [-0.1, -0.05) is 0 Å². The average molecular weight is 718 g/mol. The second-order valence-corrected chi connectivity index (χ2v) is 13.9. The molecule has 4 atom stereocenters. The number of hydrogen-bond acceptors (Lipinski definition) is 7. The third-order valence-electron chi connectivity index (χ3n) is 8.31. The van der Waals surface area contributed by atoms with Crippen molar-refractivity contribution in [3.63, 3.8) is 0 Å². The van der Waals surface area contributed by atoms with Gasteiger partial charge < -0.3 is 19.3 Å². The summed E-state index contributed by atoms with van der Waals surface area (Å²) in [5.74, 6) is 0.793. The Kier molecular flexibility index (Phi) is 8.25. The number of benzene rings is 1. The van der Waals surface area contributed by atoms with Crippen LogP contribution in [0.15, 0.2) is 16.6 Å². The molecule has 2 aromatic rings. The first-order chi connectivity index (χ1) is 18.4. The van der Waals surface area contributed by atoms with Gasteiger partial charge in [-0.05, 0) is 111 Å². The molecule has 3 fully saturated rings. The van der Waals surface area contributed by atoms with Gasteiger partial charge in [0.1, 0.15) is 24.2 Å². The van der Waals surface area contributed by atoms with Crippen molar-refractivity contribution in [2.75, 3.05) is 37.7 Å². The van der Waals surface area contributed by atoms with Gasteiger partial charge in [-0.2, -0.15) is 9.97 Å². The summed E-state index contributed by atoms with van der Waals surface area (Å²) in [5.41, 5.74) is -0.0108. The lowest BCUT2D eigenvalue weighted by Gasteiger charge is -2.35. The number of anilines is 1. The van der Waals surface area contributed by atoms with Gasteiger partial charge in [0.05, 0.1) is 26.7 Å². The molecule has 0 N–H and O–H groups in total. The van der Waals surface area contributed by atoms with E-state index in [0.717, 1.165) is 50.6 Å². The molecule has 5 rings (SSSR count). The average Bonchev–Trinajstić information content (AvgIpc) is 3.52. The molecule has 0 spiro atoms. The summed E-state index contributed by atoms with van der Waals surface area (Å²) < 4.78 is 28.3. The van der Waals surface area contributed by atoms with Crippen LogP contribution in [0.5, 0.6) is 6.01 Å². The molecule has 0 aliphatic carbocycles. The molecule has 11 heteroatoms. The number of carbonyl (C=O) groups excluding carboxylic acids is 1. The molecule has 8 nitrogen and oxygen atoms in total. The van der Waals surface area contributed by atoms with E-state index in [9.17, 15) is 9.18 Å². The molecular weight excluding hydrogens is 680 g/mol. The maximum Gasteiger partial charge on any atom is 0.410 e. The van der Waals surface area contributed by atoms with Gasteiger partial charge in [-0.15, -0.1) is 0 Å². The highest BCUT2D eigenvalue weighted by Crippen LogP contribution is 2.41. The first-order valence-electron chi connectivity index (χ1n) is 13.9. The van der Waals surface area contributed by atoms with E-state index in [-0.39, 0.29) is 23.7 Å². The fourth-order valence-corrected chi connectivity index (χ4v) is 7.40. The molecule has 3 saturated heterocycles. The molecule has 3 aliphatic heterocycles. The number of likely N-dealkylation sites (N-methyl/N-ethyl adjacent to an activating group) is 1. The molecule has 39 heavy (non-hydrogen) atoms. The first kappa shape index (κ1) is 29.0. The fourth-order valence-electron chi connectivity index (χ4n) is 6.49. The molecule has 0 saturated carbocycles. The van der Waals surface area contributed by atoms with Crippen LogP contribution >= 0.6 is 38.5 Å². The fraction of sp³-hybridized carbons (Fsp3) is 0.679. The van der Waals surface area contributed by atoms with Crippen molar-refractivity contribution in [2.45, 2.75) is 89.7 Å². The summed E-state index contributed by atoms with van der Waals surface area (Å²) >= 11 is 5.95. The summed E-state index contributed by atoms with van der Waals surface area (Å²) in [6, 6.07) is 4.36. The van der Waals surface area contributed by atoms with Crippen molar-refractivity contribution in [1.29, 1.82) is 0 Å². The lowest BCUT2D eigenvalue weighted by molar-refractivity contribution is 0.0233. The molecule has 1 aromatic carbocycles. The Bertz CT molecular complexity index is 1250. The summed E-state index contributed by atoms with van der Waals surface area (Å²) in [6.07, 6.45) is 2.19. The minimum atomic E-state index is -0.814. The van der Waals surface area contributed by atoms with E-state index < -0.39 is 11.8 Å². The number of alkyl halides is 1. The van der Waals surface area contributed by atoms with Crippen LogP contribution in [0, 0.1) is 3.57 Å². The molecule has 0 bridgehead atoms. The number of hydrogen-bond donors (Lipinski definition) is 0. The van der Waals surface area contributed by atoms with Crippen LogP contribution in [0.1, 0.15) is 60.3 Å². The molecule has 4 heterocycles. The van der Waals surface area contributed by atoms with E-state index in [1.54, 1.807) is 0 Å². The van der Waals surface area contributed by atoms with Crippen LogP contribution in [0.4, 0.5) is 15.0 Å². The predicted molar refractivity (Wildman–Crippen MR) is 162 cm³/mol. The second-order valence-electron chi connectivity index (χ2n) is 12.0. The second kappa shape index (κ2) is 11.1. The van der Waals surface area contributed by atoms with Crippen LogP contribution in [0.3, 0.4) is 0 Å². The van der Waals surface area contributed by atoms with E-state index in [4.69, 9.17) is 19.4 Å². The number of likely N-dealkylation sites (tertiary alicyclic amines) is 1. The van der Waals surface area contributed by atoms with Crippen molar-refractivity contribution in [3.8, 4) is 6.01 Å². The van der Waals surface area contributed by atoms with Crippen LogP contribution in [0.2, 0.25) is 0 Å². The Hall–Kier alpha value is -1.47. The number of amides is 1. The monoisotopic (exact) mass is 717 g/mol. The molecule has 0 unspecified atom stereocenters. The number of halogens is 3. The van der Waals surface area contributed by atoms with Crippen molar-refractivity contribution < 1.29 is 18.7 Å². The topological polar surface area (TPSA) is 71.0 Å². The number of carbonyl (C=O) groups is 1. The summed E-state index contributed by atoms with van der Waals surface area (Å²) in [5, 5.41) is 0.935. The van der Waals surface area contributed by atoms with Crippen molar-refractivity contribution >= 4 is 61.3 Å². The van der Waals surface area contributed by atoms with Gasteiger partial charge in [0, 0.05) is 35.9 Å². The highest BCUT2D eigenvalue weighted by molar-refractivity contribution is 14.1. The third kappa shape index (κ3) is 5.68. The van der Waals surface area contributed by atoms with Crippen LogP contribution < -0.4 is 9.64 Å². The van der Waals surface area contributed by atoms with Gasteiger partial charge in [0.15, 0.2) is 0 Å². The molecule has 1 aromatic heterocycles. The zero-order valence-corrected chi connectivity index (χ0v) is 27.1. The Morgan fingerprint density at radius 3 is 2.79 bits per heavy atom. The Labute approximate surface area is 252 Å². The quantitative estimate of drug-likeness (QED) is 0.331. The van der Waals surface area contributed by atoms with E-state index >= 15 is 0 Å². The largest absolute Gasteiger partial charge is 0.461 e. The van der Waals surface area contributed by atoms with Crippen LogP contribution in [0.25, 0.3) is 10.9 Å². The lowest BCUT2D eigenvalue weighted by Crippen LogP contribution is -2.47. The van der Waals surface area contributed by atoms with Crippen LogP contribution in [-0.4, -0.2) is 88.0 Å². The Morgan fingerprint density at radius 1 is 1.31 bits per heavy atom. The van der Waals surface area contributed by atoms with E-state index in [1.807, 2.05) is 37.8 Å². The number of nitrogens with zero attached hydrogens (tertiary/aromatic N) is 5. The van der Waals surface area contributed by atoms with Crippen LogP contribution in [-0.2, 0) is 4.74 Å². The molecule has 3 aliphatic rings. The van der Waals surface area contributed by atoms with Gasteiger partial charge >= 0.3 is 12.1 Å². The highest BCUT2D eigenvalue weighted by atomic mass is 127. The maximum atomic E-state index is 14.3. The summed E-state index contributed by atoms with van der Waals surface area (Å²) in [4.78, 5) is 29.1. The van der Waals surface area contributed by atoms with E-state index in [0.29, 0.717) is 38.7 Å². The number of ether oxygens (including phenoxy) is 2. The highest BCUT2D eigenvalue weighted by Gasteiger charge is 2.49. The van der Waals surface area contributed by atoms with E-state index in [2.05, 4.69) is 62.2 Å².